The average molecular weight is 428 g/mol. The number of halogens is 1. The number of benzene rings is 2. The molecule has 1 amide bonds. The van der Waals surface area contributed by atoms with Gasteiger partial charge in [0.1, 0.15) is 12.3 Å². The van der Waals surface area contributed by atoms with Crippen LogP contribution in [-0.2, 0) is 11.3 Å². The summed E-state index contributed by atoms with van der Waals surface area (Å²) in [6.45, 7) is 1.75. The van der Waals surface area contributed by atoms with Gasteiger partial charge in [-0.15, -0.1) is 0 Å². The van der Waals surface area contributed by atoms with Gasteiger partial charge in [-0.05, 0) is 48.9 Å². The largest absolute Gasteiger partial charge is 0.496 e. The van der Waals surface area contributed by atoms with Gasteiger partial charge in [-0.3, -0.25) is 9.59 Å². The van der Waals surface area contributed by atoms with Crippen LogP contribution in [0.4, 0.5) is 5.69 Å². The molecule has 0 spiro atoms. The molecule has 2 aromatic carbocycles. The summed E-state index contributed by atoms with van der Waals surface area (Å²) >= 11 is 3.42. The third kappa shape index (κ3) is 4.43. The van der Waals surface area contributed by atoms with Gasteiger partial charge in [-0.25, -0.2) is 4.68 Å². The first kappa shape index (κ1) is 18.8. The average Bonchev–Trinajstić information content (AvgIpc) is 2.66. The zero-order chi connectivity index (χ0) is 19.4. The number of hydrogen-bond donors (Lipinski definition) is 1. The molecule has 7 heteroatoms. The molecule has 138 valence electrons. The van der Waals surface area contributed by atoms with Crippen molar-refractivity contribution < 1.29 is 9.53 Å². The van der Waals surface area contributed by atoms with Crippen LogP contribution in [0.1, 0.15) is 5.56 Å². The van der Waals surface area contributed by atoms with Crippen molar-refractivity contribution in [1.82, 2.24) is 9.78 Å². The number of rotatable bonds is 5. The van der Waals surface area contributed by atoms with E-state index in [0.29, 0.717) is 17.1 Å². The van der Waals surface area contributed by atoms with Crippen LogP contribution in [0, 0.1) is 6.92 Å². The first-order valence-electron chi connectivity index (χ1n) is 8.25. The van der Waals surface area contributed by atoms with Crippen LogP contribution in [-0.4, -0.2) is 22.8 Å². The Balaban J connectivity index is 1.83. The SMILES string of the molecule is COc1ccccc1-c1ccc(=O)n(CC(=O)Nc2ccc(Br)c(C)c2)n1. The number of para-hydroxylation sites is 1. The van der Waals surface area contributed by atoms with Crippen molar-refractivity contribution >= 4 is 27.5 Å². The van der Waals surface area contributed by atoms with Crippen LogP contribution >= 0.6 is 15.9 Å². The lowest BCUT2D eigenvalue weighted by atomic mass is 10.1. The van der Waals surface area contributed by atoms with E-state index in [0.717, 1.165) is 20.3 Å². The number of nitrogens with zero attached hydrogens (tertiary/aromatic N) is 2. The van der Waals surface area contributed by atoms with E-state index in [2.05, 4.69) is 26.3 Å². The molecule has 1 aromatic heterocycles. The van der Waals surface area contributed by atoms with E-state index in [1.165, 1.54) is 6.07 Å². The van der Waals surface area contributed by atoms with Crippen LogP contribution in [0.5, 0.6) is 5.75 Å². The Morgan fingerprint density at radius 2 is 1.96 bits per heavy atom. The maximum Gasteiger partial charge on any atom is 0.267 e. The van der Waals surface area contributed by atoms with E-state index < -0.39 is 0 Å². The van der Waals surface area contributed by atoms with Gasteiger partial charge >= 0.3 is 0 Å². The zero-order valence-corrected chi connectivity index (χ0v) is 16.5. The highest BCUT2D eigenvalue weighted by Gasteiger charge is 2.11. The number of aryl methyl sites for hydroxylation is 1. The third-order valence-corrected chi connectivity index (χ3v) is 4.87. The minimum atomic E-state index is -0.351. The maximum atomic E-state index is 12.4. The molecule has 27 heavy (non-hydrogen) atoms. The van der Waals surface area contributed by atoms with Crippen molar-refractivity contribution in [3.63, 3.8) is 0 Å². The fourth-order valence-electron chi connectivity index (χ4n) is 2.62. The molecule has 0 bridgehead atoms. The summed E-state index contributed by atoms with van der Waals surface area (Å²) in [6.07, 6.45) is 0. The van der Waals surface area contributed by atoms with Crippen LogP contribution in [0.2, 0.25) is 0 Å². The van der Waals surface area contributed by atoms with Gasteiger partial charge in [0.15, 0.2) is 0 Å². The topological polar surface area (TPSA) is 73.2 Å². The molecule has 0 saturated carbocycles. The quantitative estimate of drug-likeness (QED) is 0.674. The normalized spacial score (nSPS) is 10.5. The third-order valence-electron chi connectivity index (χ3n) is 3.98. The predicted molar refractivity (Wildman–Crippen MR) is 108 cm³/mol. The van der Waals surface area contributed by atoms with E-state index in [1.54, 1.807) is 19.2 Å². The van der Waals surface area contributed by atoms with E-state index in [1.807, 2.05) is 43.3 Å². The Kier molecular flexibility index (Phi) is 5.71. The number of carbonyl (C=O) groups is 1. The van der Waals surface area contributed by atoms with Gasteiger partial charge in [0.05, 0.1) is 12.8 Å². The van der Waals surface area contributed by atoms with Crippen molar-refractivity contribution in [3.8, 4) is 17.0 Å². The Hall–Kier alpha value is -2.93. The summed E-state index contributed by atoms with van der Waals surface area (Å²) in [7, 11) is 1.57. The predicted octanol–water partition coefficient (Wildman–Crippen LogP) is 3.63. The zero-order valence-electron chi connectivity index (χ0n) is 14.9. The number of nitrogens with one attached hydrogen (secondary N) is 1. The Bertz CT molecular complexity index is 1050. The van der Waals surface area contributed by atoms with Crippen molar-refractivity contribution in [2.75, 3.05) is 12.4 Å². The summed E-state index contributed by atoms with van der Waals surface area (Å²) in [5.74, 6) is 0.313. The fraction of sp³-hybridized carbons (Fsp3) is 0.150. The number of amides is 1. The molecule has 6 nitrogen and oxygen atoms in total. The van der Waals surface area contributed by atoms with Gasteiger partial charge in [0.25, 0.3) is 5.56 Å². The summed E-state index contributed by atoms with van der Waals surface area (Å²) < 4.78 is 7.44. The lowest BCUT2D eigenvalue weighted by Gasteiger charge is -2.11. The highest BCUT2D eigenvalue weighted by molar-refractivity contribution is 9.10. The van der Waals surface area contributed by atoms with Gasteiger partial charge in [-0.1, -0.05) is 28.1 Å². The van der Waals surface area contributed by atoms with Gasteiger partial charge in [0, 0.05) is 21.8 Å². The molecular weight excluding hydrogens is 410 g/mol. The Labute approximate surface area is 164 Å². The van der Waals surface area contributed by atoms with Crippen LogP contribution in [0.3, 0.4) is 0 Å². The summed E-state index contributed by atoms with van der Waals surface area (Å²) in [5.41, 5.74) is 2.61. The molecule has 0 unspecified atom stereocenters. The molecule has 3 aromatic rings. The molecule has 3 rings (SSSR count). The molecule has 0 aliphatic heterocycles. The molecule has 1 heterocycles. The summed E-state index contributed by atoms with van der Waals surface area (Å²) in [4.78, 5) is 24.5. The Morgan fingerprint density at radius 3 is 2.70 bits per heavy atom. The second-order valence-electron chi connectivity index (χ2n) is 5.93. The van der Waals surface area contributed by atoms with Crippen molar-refractivity contribution in [2.24, 2.45) is 0 Å². The van der Waals surface area contributed by atoms with Crippen LogP contribution in [0.25, 0.3) is 11.3 Å². The number of aromatic nitrogens is 2. The number of carbonyl (C=O) groups excluding carboxylic acids is 1. The van der Waals surface area contributed by atoms with Crippen molar-refractivity contribution in [2.45, 2.75) is 13.5 Å². The molecule has 0 saturated heterocycles. The highest BCUT2D eigenvalue weighted by Crippen LogP contribution is 2.27. The van der Waals surface area contributed by atoms with Gasteiger partial charge in [-0.2, -0.15) is 5.10 Å². The maximum absolute atomic E-state index is 12.4. The second kappa shape index (κ2) is 8.18. The summed E-state index contributed by atoms with van der Waals surface area (Å²) in [6, 6.07) is 15.9. The minimum absolute atomic E-state index is 0.184. The van der Waals surface area contributed by atoms with E-state index in [-0.39, 0.29) is 18.0 Å². The minimum Gasteiger partial charge on any atom is -0.496 e. The fourth-order valence-corrected chi connectivity index (χ4v) is 2.87. The molecule has 0 fully saturated rings. The lowest BCUT2D eigenvalue weighted by molar-refractivity contribution is -0.117. The molecule has 0 atom stereocenters. The number of ether oxygens (including phenoxy) is 1. The first-order valence-corrected chi connectivity index (χ1v) is 9.05. The molecule has 0 aliphatic carbocycles. The smallest absolute Gasteiger partial charge is 0.267 e. The molecular formula is C20H18BrN3O3. The van der Waals surface area contributed by atoms with E-state index >= 15 is 0 Å². The molecule has 0 aliphatic rings. The van der Waals surface area contributed by atoms with Crippen LogP contribution < -0.4 is 15.6 Å². The number of hydrogen-bond acceptors (Lipinski definition) is 4. The molecule has 1 N–H and O–H groups in total. The monoisotopic (exact) mass is 427 g/mol. The van der Waals surface area contributed by atoms with Crippen LogP contribution in [0.15, 0.2) is 63.9 Å². The van der Waals surface area contributed by atoms with E-state index in [4.69, 9.17) is 4.74 Å². The standard InChI is InChI=1S/C20H18BrN3O3/c1-13-11-14(7-8-16(13)21)22-19(25)12-24-20(26)10-9-17(23-24)15-5-3-4-6-18(15)27-2/h3-11H,12H2,1-2H3,(H,22,25). The molecule has 0 radical (unpaired) electrons. The number of methoxy groups -OCH3 is 1. The van der Waals surface area contributed by atoms with E-state index in [9.17, 15) is 9.59 Å². The number of anilines is 1. The highest BCUT2D eigenvalue weighted by atomic mass is 79.9. The Morgan fingerprint density at radius 1 is 1.19 bits per heavy atom. The van der Waals surface area contributed by atoms with Crippen molar-refractivity contribution in [1.29, 1.82) is 0 Å². The first-order chi connectivity index (χ1) is 13.0. The van der Waals surface area contributed by atoms with Gasteiger partial charge < -0.3 is 10.1 Å². The van der Waals surface area contributed by atoms with Crippen molar-refractivity contribution in [3.05, 3.63) is 75.0 Å². The van der Waals surface area contributed by atoms with Gasteiger partial charge in [0.2, 0.25) is 5.91 Å². The second-order valence-corrected chi connectivity index (χ2v) is 6.78. The lowest BCUT2D eigenvalue weighted by Crippen LogP contribution is -2.29. The summed E-state index contributed by atoms with van der Waals surface area (Å²) in [5, 5.41) is 7.10.